The van der Waals surface area contributed by atoms with Crippen molar-refractivity contribution in [1.82, 2.24) is 5.32 Å². The summed E-state index contributed by atoms with van der Waals surface area (Å²) >= 11 is 1.33. The Bertz CT molecular complexity index is 536. The molecule has 0 aliphatic heterocycles. The minimum Gasteiger partial charge on any atom is -0.477 e. The normalized spacial score (nSPS) is 12.3. The lowest BCUT2D eigenvalue weighted by Gasteiger charge is -2.12. The second-order valence-electron chi connectivity index (χ2n) is 4.51. The highest BCUT2D eigenvalue weighted by atomic mass is 32.1. The number of aromatic carboxylic acids is 1. The SMILES string of the molecule is CC(CNCc1ccc(C(=O)O)s1)c1ccccc1. The first-order valence-electron chi connectivity index (χ1n) is 6.24. The Morgan fingerprint density at radius 1 is 1.26 bits per heavy atom. The molecule has 2 rings (SSSR count). The second-order valence-corrected chi connectivity index (χ2v) is 5.68. The maximum absolute atomic E-state index is 10.8. The van der Waals surface area contributed by atoms with Crippen molar-refractivity contribution in [2.75, 3.05) is 6.54 Å². The van der Waals surface area contributed by atoms with Crippen LogP contribution in [0.1, 0.15) is 33.0 Å². The first-order valence-corrected chi connectivity index (χ1v) is 7.06. The van der Waals surface area contributed by atoms with Gasteiger partial charge in [-0.05, 0) is 23.6 Å². The number of hydrogen-bond donors (Lipinski definition) is 2. The first kappa shape index (κ1) is 13.8. The Hall–Kier alpha value is -1.65. The number of carboxylic acids is 1. The highest BCUT2D eigenvalue weighted by Crippen LogP contribution is 2.17. The molecule has 0 aliphatic rings. The summed E-state index contributed by atoms with van der Waals surface area (Å²) in [5.41, 5.74) is 1.31. The predicted octanol–water partition coefficient (Wildman–Crippen LogP) is 3.34. The molecule has 1 aromatic carbocycles. The fraction of sp³-hybridized carbons (Fsp3) is 0.267. The zero-order chi connectivity index (χ0) is 13.7. The van der Waals surface area contributed by atoms with Gasteiger partial charge in [0.15, 0.2) is 0 Å². The largest absolute Gasteiger partial charge is 0.477 e. The molecular formula is C15H17NO2S. The molecule has 2 aromatic rings. The third-order valence-corrected chi connectivity index (χ3v) is 4.06. The molecule has 100 valence electrons. The maximum Gasteiger partial charge on any atom is 0.345 e. The zero-order valence-electron chi connectivity index (χ0n) is 10.8. The van der Waals surface area contributed by atoms with Crippen molar-refractivity contribution in [1.29, 1.82) is 0 Å². The minimum atomic E-state index is -0.853. The minimum absolute atomic E-state index is 0.396. The van der Waals surface area contributed by atoms with Gasteiger partial charge in [0, 0.05) is 18.0 Å². The van der Waals surface area contributed by atoms with E-state index in [2.05, 4.69) is 24.4 Å². The molecule has 2 N–H and O–H groups in total. The van der Waals surface area contributed by atoms with Crippen LogP contribution in [0.2, 0.25) is 0 Å². The molecule has 0 bridgehead atoms. The molecule has 0 aliphatic carbocycles. The number of benzene rings is 1. The second kappa shape index (κ2) is 6.50. The van der Waals surface area contributed by atoms with E-state index in [1.54, 1.807) is 6.07 Å². The molecule has 1 unspecified atom stereocenters. The van der Waals surface area contributed by atoms with Crippen molar-refractivity contribution in [2.24, 2.45) is 0 Å². The molecular weight excluding hydrogens is 258 g/mol. The van der Waals surface area contributed by atoms with Crippen LogP contribution in [0, 0.1) is 0 Å². The Morgan fingerprint density at radius 2 is 2.00 bits per heavy atom. The third kappa shape index (κ3) is 3.91. The lowest BCUT2D eigenvalue weighted by atomic mass is 10.0. The average Bonchev–Trinajstić information content (AvgIpc) is 2.89. The van der Waals surface area contributed by atoms with E-state index < -0.39 is 5.97 Å². The molecule has 0 amide bonds. The topological polar surface area (TPSA) is 49.3 Å². The summed E-state index contributed by atoms with van der Waals surface area (Å²) in [5, 5.41) is 12.2. The van der Waals surface area contributed by atoms with E-state index in [1.165, 1.54) is 16.9 Å². The van der Waals surface area contributed by atoms with E-state index in [0.717, 1.165) is 18.0 Å². The van der Waals surface area contributed by atoms with E-state index in [1.807, 2.05) is 24.3 Å². The zero-order valence-corrected chi connectivity index (χ0v) is 11.6. The predicted molar refractivity (Wildman–Crippen MR) is 77.8 cm³/mol. The van der Waals surface area contributed by atoms with Gasteiger partial charge < -0.3 is 10.4 Å². The Morgan fingerprint density at radius 3 is 2.63 bits per heavy atom. The Kier molecular flexibility index (Phi) is 4.71. The van der Waals surface area contributed by atoms with Gasteiger partial charge >= 0.3 is 5.97 Å². The highest BCUT2D eigenvalue weighted by Gasteiger charge is 2.08. The van der Waals surface area contributed by atoms with Gasteiger partial charge in [0.05, 0.1) is 0 Å². The van der Waals surface area contributed by atoms with E-state index in [4.69, 9.17) is 5.11 Å². The van der Waals surface area contributed by atoms with Crippen LogP contribution in [-0.4, -0.2) is 17.6 Å². The molecule has 0 saturated carbocycles. The van der Waals surface area contributed by atoms with Crippen LogP contribution in [0.25, 0.3) is 0 Å². The fourth-order valence-electron chi connectivity index (χ4n) is 1.90. The summed E-state index contributed by atoms with van der Waals surface area (Å²) < 4.78 is 0. The number of hydrogen-bond acceptors (Lipinski definition) is 3. The summed E-state index contributed by atoms with van der Waals surface area (Å²) in [6.07, 6.45) is 0. The Balaban J connectivity index is 1.81. The number of carboxylic acid groups (broad SMARTS) is 1. The van der Waals surface area contributed by atoms with Gasteiger partial charge in [-0.2, -0.15) is 0 Å². The standard InChI is InChI=1S/C15H17NO2S/c1-11(12-5-3-2-4-6-12)9-16-10-13-7-8-14(19-13)15(17)18/h2-8,11,16H,9-10H2,1H3,(H,17,18). The van der Waals surface area contributed by atoms with Crippen LogP contribution >= 0.6 is 11.3 Å². The Labute approximate surface area is 116 Å². The van der Waals surface area contributed by atoms with Crippen molar-refractivity contribution < 1.29 is 9.90 Å². The van der Waals surface area contributed by atoms with Crippen LogP contribution in [-0.2, 0) is 6.54 Å². The van der Waals surface area contributed by atoms with Crippen molar-refractivity contribution in [3.05, 3.63) is 57.8 Å². The van der Waals surface area contributed by atoms with E-state index in [9.17, 15) is 4.79 Å². The third-order valence-electron chi connectivity index (χ3n) is 2.99. The first-order chi connectivity index (χ1) is 9.16. The van der Waals surface area contributed by atoms with Crippen molar-refractivity contribution in [3.63, 3.8) is 0 Å². The molecule has 1 heterocycles. The van der Waals surface area contributed by atoms with E-state index in [0.29, 0.717) is 10.8 Å². The monoisotopic (exact) mass is 275 g/mol. The van der Waals surface area contributed by atoms with Crippen molar-refractivity contribution in [3.8, 4) is 0 Å². The van der Waals surface area contributed by atoms with Crippen LogP contribution in [0.3, 0.4) is 0 Å². The molecule has 1 aromatic heterocycles. The molecule has 0 spiro atoms. The molecule has 3 nitrogen and oxygen atoms in total. The van der Waals surface area contributed by atoms with Gasteiger partial charge in [0.2, 0.25) is 0 Å². The van der Waals surface area contributed by atoms with Gasteiger partial charge in [0.25, 0.3) is 0 Å². The quantitative estimate of drug-likeness (QED) is 0.850. The van der Waals surface area contributed by atoms with Gasteiger partial charge in [-0.1, -0.05) is 37.3 Å². The highest BCUT2D eigenvalue weighted by molar-refractivity contribution is 7.13. The van der Waals surface area contributed by atoms with Crippen LogP contribution < -0.4 is 5.32 Å². The van der Waals surface area contributed by atoms with Gasteiger partial charge in [-0.25, -0.2) is 4.79 Å². The lowest BCUT2D eigenvalue weighted by molar-refractivity contribution is 0.0702. The molecule has 0 saturated heterocycles. The van der Waals surface area contributed by atoms with Crippen LogP contribution in [0.5, 0.6) is 0 Å². The van der Waals surface area contributed by atoms with Gasteiger partial charge in [0.1, 0.15) is 4.88 Å². The summed E-state index contributed by atoms with van der Waals surface area (Å²) in [6, 6.07) is 13.9. The smallest absolute Gasteiger partial charge is 0.345 e. The summed E-state index contributed by atoms with van der Waals surface area (Å²) in [5.74, 6) is -0.408. The van der Waals surface area contributed by atoms with Crippen LogP contribution in [0.15, 0.2) is 42.5 Å². The number of rotatable bonds is 6. The summed E-state index contributed by atoms with van der Waals surface area (Å²) in [4.78, 5) is 12.2. The van der Waals surface area contributed by atoms with Crippen LogP contribution in [0.4, 0.5) is 0 Å². The van der Waals surface area contributed by atoms with E-state index in [-0.39, 0.29) is 0 Å². The van der Waals surface area contributed by atoms with Crippen molar-refractivity contribution in [2.45, 2.75) is 19.4 Å². The van der Waals surface area contributed by atoms with E-state index >= 15 is 0 Å². The maximum atomic E-state index is 10.8. The molecule has 19 heavy (non-hydrogen) atoms. The number of nitrogens with one attached hydrogen (secondary N) is 1. The number of thiophene rings is 1. The number of carbonyl (C=O) groups is 1. The fourth-order valence-corrected chi connectivity index (χ4v) is 2.72. The lowest BCUT2D eigenvalue weighted by Crippen LogP contribution is -2.19. The molecule has 0 radical (unpaired) electrons. The van der Waals surface area contributed by atoms with Gasteiger partial charge in [-0.15, -0.1) is 11.3 Å². The average molecular weight is 275 g/mol. The summed E-state index contributed by atoms with van der Waals surface area (Å²) in [7, 11) is 0. The molecule has 4 heteroatoms. The summed E-state index contributed by atoms with van der Waals surface area (Å²) in [6.45, 7) is 3.78. The van der Waals surface area contributed by atoms with Crippen molar-refractivity contribution >= 4 is 17.3 Å². The molecule has 0 fully saturated rings. The van der Waals surface area contributed by atoms with Gasteiger partial charge in [-0.3, -0.25) is 0 Å². The molecule has 1 atom stereocenters.